The molecule has 0 aromatic rings. The second-order valence-corrected chi connectivity index (χ2v) is 5.30. The fourth-order valence-corrected chi connectivity index (χ4v) is 3.29. The van der Waals surface area contributed by atoms with Crippen molar-refractivity contribution in [3.05, 3.63) is 0 Å². The van der Waals surface area contributed by atoms with Crippen molar-refractivity contribution >= 4 is 11.8 Å². The van der Waals surface area contributed by atoms with Crippen LogP contribution in [0.15, 0.2) is 0 Å². The fraction of sp³-hybridized carbons (Fsp3) is 1.00. The minimum absolute atomic E-state index is 0.0903. The van der Waals surface area contributed by atoms with Gasteiger partial charge in [-0.1, -0.05) is 27.2 Å². The minimum atomic E-state index is -0.0903. The van der Waals surface area contributed by atoms with E-state index in [-0.39, 0.29) is 11.5 Å². The summed E-state index contributed by atoms with van der Waals surface area (Å²) >= 11 is 1.93. The van der Waals surface area contributed by atoms with Crippen LogP contribution in [-0.2, 0) is 0 Å². The van der Waals surface area contributed by atoms with Crippen molar-refractivity contribution < 1.29 is 5.11 Å². The van der Waals surface area contributed by atoms with E-state index in [0.29, 0.717) is 5.25 Å². The lowest BCUT2D eigenvalue weighted by Gasteiger charge is -2.23. The van der Waals surface area contributed by atoms with E-state index in [1.165, 1.54) is 6.42 Å². The largest absolute Gasteiger partial charge is 0.391 e. The topological polar surface area (TPSA) is 20.2 Å². The molecule has 0 bridgehead atoms. The van der Waals surface area contributed by atoms with Crippen LogP contribution in [0.3, 0.4) is 0 Å². The summed E-state index contributed by atoms with van der Waals surface area (Å²) in [5.41, 5.74) is 0.143. The molecule has 1 fully saturated rings. The van der Waals surface area contributed by atoms with E-state index in [1.807, 2.05) is 11.8 Å². The average molecular weight is 174 g/mol. The van der Waals surface area contributed by atoms with Crippen LogP contribution in [-0.4, -0.2) is 22.2 Å². The van der Waals surface area contributed by atoms with Gasteiger partial charge in [-0.2, -0.15) is 11.8 Å². The zero-order valence-electron chi connectivity index (χ0n) is 7.63. The van der Waals surface area contributed by atoms with Gasteiger partial charge in [-0.05, 0) is 6.42 Å². The molecule has 1 nitrogen and oxygen atoms in total. The number of thioether (sulfide) groups is 1. The lowest BCUT2D eigenvalue weighted by Crippen LogP contribution is -2.31. The van der Waals surface area contributed by atoms with E-state index in [1.54, 1.807) is 0 Å². The fourth-order valence-electron chi connectivity index (χ4n) is 1.53. The summed E-state index contributed by atoms with van der Waals surface area (Å²) in [4.78, 5) is 0. The average Bonchev–Trinajstić information content (AvgIpc) is 2.17. The first-order valence-corrected chi connectivity index (χ1v) is 5.42. The maximum Gasteiger partial charge on any atom is 0.0717 e. The predicted octanol–water partition coefficient (Wildman–Crippen LogP) is 2.29. The lowest BCUT2D eigenvalue weighted by atomic mass is 9.86. The molecule has 11 heavy (non-hydrogen) atoms. The molecule has 1 N–H and O–H groups in total. The Morgan fingerprint density at radius 3 is 2.55 bits per heavy atom. The molecule has 2 atom stereocenters. The molecular weight excluding hydrogens is 156 g/mol. The van der Waals surface area contributed by atoms with Gasteiger partial charge < -0.3 is 5.11 Å². The molecule has 0 aromatic heterocycles. The van der Waals surface area contributed by atoms with Crippen LogP contribution < -0.4 is 0 Å². The molecule has 0 saturated carbocycles. The number of hydrogen-bond acceptors (Lipinski definition) is 2. The monoisotopic (exact) mass is 174 g/mol. The second-order valence-electron chi connectivity index (χ2n) is 4.07. The van der Waals surface area contributed by atoms with Gasteiger partial charge in [0.05, 0.1) is 6.10 Å². The van der Waals surface area contributed by atoms with Crippen molar-refractivity contribution in [1.29, 1.82) is 0 Å². The Kier molecular flexibility index (Phi) is 2.87. The molecular formula is C9H18OS. The molecule has 1 aliphatic heterocycles. The van der Waals surface area contributed by atoms with Crippen LogP contribution in [0.1, 0.15) is 33.6 Å². The Balaban J connectivity index is 2.49. The van der Waals surface area contributed by atoms with Crippen molar-refractivity contribution in [2.45, 2.75) is 45.0 Å². The van der Waals surface area contributed by atoms with Gasteiger partial charge in [0, 0.05) is 16.4 Å². The van der Waals surface area contributed by atoms with Gasteiger partial charge in [0.15, 0.2) is 0 Å². The van der Waals surface area contributed by atoms with Gasteiger partial charge in [-0.25, -0.2) is 0 Å². The van der Waals surface area contributed by atoms with E-state index < -0.39 is 0 Å². The Morgan fingerprint density at radius 2 is 2.18 bits per heavy atom. The van der Waals surface area contributed by atoms with Gasteiger partial charge in [-0.3, -0.25) is 0 Å². The van der Waals surface area contributed by atoms with Crippen molar-refractivity contribution in [3.63, 3.8) is 0 Å². The number of hydrogen-bond donors (Lipinski definition) is 1. The molecule has 0 aromatic carbocycles. The standard InChI is InChI=1S/C9H18OS/c1-4-5-7-8(10)9(2,3)6-11-7/h7-8,10H,4-6H2,1-3H3/t7-,8-/m0/s1. The van der Waals surface area contributed by atoms with E-state index in [4.69, 9.17) is 0 Å². The normalized spacial score (nSPS) is 36.0. The lowest BCUT2D eigenvalue weighted by molar-refractivity contribution is 0.0730. The molecule has 0 unspecified atom stereocenters. The minimum Gasteiger partial charge on any atom is -0.391 e. The summed E-state index contributed by atoms with van der Waals surface area (Å²) in [7, 11) is 0. The van der Waals surface area contributed by atoms with E-state index >= 15 is 0 Å². The highest BCUT2D eigenvalue weighted by atomic mass is 32.2. The van der Waals surface area contributed by atoms with E-state index in [2.05, 4.69) is 20.8 Å². The van der Waals surface area contributed by atoms with Crippen molar-refractivity contribution in [2.24, 2.45) is 5.41 Å². The third kappa shape index (κ3) is 1.91. The first-order chi connectivity index (χ1) is 5.08. The van der Waals surface area contributed by atoms with Crippen molar-refractivity contribution in [3.8, 4) is 0 Å². The third-order valence-corrected chi connectivity index (χ3v) is 4.23. The summed E-state index contributed by atoms with van der Waals surface area (Å²) < 4.78 is 0. The second kappa shape index (κ2) is 3.36. The summed E-state index contributed by atoms with van der Waals surface area (Å²) in [6, 6.07) is 0. The van der Waals surface area contributed by atoms with Crippen LogP contribution in [0.4, 0.5) is 0 Å². The Bertz CT molecular complexity index is 134. The van der Waals surface area contributed by atoms with Crippen LogP contribution in [0, 0.1) is 5.41 Å². The molecule has 0 spiro atoms. The third-order valence-electron chi connectivity index (χ3n) is 2.40. The maximum atomic E-state index is 9.83. The Hall–Kier alpha value is 0.310. The van der Waals surface area contributed by atoms with Gasteiger partial charge in [0.2, 0.25) is 0 Å². The molecule has 1 saturated heterocycles. The maximum absolute atomic E-state index is 9.83. The highest BCUT2D eigenvalue weighted by Crippen LogP contribution is 2.42. The SMILES string of the molecule is CCC[C@@H]1SCC(C)(C)[C@H]1O. The van der Waals surface area contributed by atoms with Crippen LogP contribution >= 0.6 is 11.8 Å². The van der Waals surface area contributed by atoms with Gasteiger partial charge in [0.25, 0.3) is 0 Å². The molecule has 2 heteroatoms. The zero-order valence-corrected chi connectivity index (χ0v) is 8.45. The zero-order chi connectivity index (χ0) is 8.48. The molecule has 0 amide bonds. The molecule has 1 rings (SSSR count). The van der Waals surface area contributed by atoms with E-state index in [9.17, 15) is 5.11 Å². The van der Waals surface area contributed by atoms with E-state index in [0.717, 1.165) is 12.2 Å². The quantitative estimate of drug-likeness (QED) is 0.693. The summed E-state index contributed by atoms with van der Waals surface area (Å²) in [5.74, 6) is 1.11. The van der Waals surface area contributed by atoms with Crippen molar-refractivity contribution in [1.82, 2.24) is 0 Å². The highest BCUT2D eigenvalue weighted by molar-refractivity contribution is 8.00. The van der Waals surface area contributed by atoms with Gasteiger partial charge in [0.1, 0.15) is 0 Å². The van der Waals surface area contributed by atoms with Gasteiger partial charge in [-0.15, -0.1) is 0 Å². The molecule has 0 radical (unpaired) electrons. The molecule has 0 aliphatic carbocycles. The smallest absolute Gasteiger partial charge is 0.0717 e. The Labute approximate surface area is 73.6 Å². The molecule has 1 heterocycles. The molecule has 66 valence electrons. The van der Waals surface area contributed by atoms with Gasteiger partial charge >= 0.3 is 0 Å². The van der Waals surface area contributed by atoms with Crippen LogP contribution in [0.25, 0.3) is 0 Å². The summed E-state index contributed by atoms with van der Waals surface area (Å²) in [5, 5.41) is 10.3. The predicted molar refractivity (Wildman–Crippen MR) is 50.9 cm³/mol. The van der Waals surface area contributed by atoms with Crippen LogP contribution in [0.2, 0.25) is 0 Å². The first kappa shape index (κ1) is 9.40. The Morgan fingerprint density at radius 1 is 1.55 bits per heavy atom. The summed E-state index contributed by atoms with van der Waals surface area (Å²) in [6.07, 6.45) is 2.26. The number of aliphatic hydroxyl groups is 1. The summed E-state index contributed by atoms with van der Waals surface area (Å²) in [6.45, 7) is 6.49. The number of aliphatic hydroxyl groups excluding tert-OH is 1. The first-order valence-electron chi connectivity index (χ1n) is 4.37. The van der Waals surface area contributed by atoms with Crippen molar-refractivity contribution in [2.75, 3.05) is 5.75 Å². The molecule has 1 aliphatic rings. The highest BCUT2D eigenvalue weighted by Gasteiger charge is 2.40. The van der Waals surface area contributed by atoms with Crippen LogP contribution in [0.5, 0.6) is 0 Å². The number of rotatable bonds is 2.